The number of nitrogens with zero attached hydrogens (tertiary/aromatic N) is 1. The summed E-state index contributed by atoms with van der Waals surface area (Å²) in [6.45, 7) is 0. The van der Waals surface area contributed by atoms with E-state index in [2.05, 4.69) is 0 Å². The molecule has 2 N–H and O–H groups in total. The van der Waals surface area contributed by atoms with Crippen molar-refractivity contribution in [1.29, 1.82) is 0 Å². The molecule has 0 aliphatic carbocycles. The number of halogens is 1. The van der Waals surface area contributed by atoms with Crippen LogP contribution in [0.1, 0.15) is 10.4 Å². The number of hydrogen-bond donors (Lipinski definition) is 2. The van der Waals surface area contributed by atoms with Crippen molar-refractivity contribution in [1.82, 2.24) is 4.57 Å². The van der Waals surface area contributed by atoms with Gasteiger partial charge in [-0.3, -0.25) is 4.57 Å². The molecule has 0 radical (unpaired) electrons. The molecule has 1 heterocycles. The van der Waals surface area contributed by atoms with Crippen molar-refractivity contribution in [3.8, 4) is 11.6 Å². The van der Waals surface area contributed by atoms with Gasteiger partial charge in [0.25, 0.3) is 0 Å². The van der Waals surface area contributed by atoms with Crippen molar-refractivity contribution in [2.45, 2.75) is 0 Å². The lowest BCUT2D eigenvalue weighted by molar-refractivity contribution is 0.0697. The van der Waals surface area contributed by atoms with Crippen LogP contribution in [-0.4, -0.2) is 20.7 Å². The predicted molar refractivity (Wildman–Crippen MR) is 68.1 cm³/mol. The molecule has 4 nitrogen and oxygen atoms in total. The number of carboxylic acids is 1. The third kappa shape index (κ3) is 2.19. The highest BCUT2D eigenvalue weighted by Gasteiger charge is 2.12. The van der Waals surface area contributed by atoms with E-state index in [-0.39, 0.29) is 16.5 Å². The molecule has 1 aromatic heterocycles. The van der Waals surface area contributed by atoms with Gasteiger partial charge in [0, 0.05) is 0 Å². The quantitative estimate of drug-likeness (QED) is 0.832. The number of rotatable bonds is 2. The molecule has 0 aliphatic heterocycles. The number of aromatic hydroxyl groups is 1. The number of carboxylic acid groups (broad SMARTS) is 1. The van der Waals surface area contributed by atoms with Gasteiger partial charge in [-0.25, -0.2) is 4.79 Å². The van der Waals surface area contributed by atoms with Crippen molar-refractivity contribution in [3.63, 3.8) is 0 Å². The van der Waals surface area contributed by atoms with Gasteiger partial charge >= 0.3 is 5.97 Å². The molecule has 0 unspecified atom stereocenters. The number of carbonyl (C=O) groups is 1. The normalized spacial score (nSPS) is 10.4. The van der Waals surface area contributed by atoms with E-state index in [0.29, 0.717) is 9.64 Å². The van der Waals surface area contributed by atoms with E-state index in [1.54, 1.807) is 6.07 Å². The SMILES string of the molecule is O=C(O)c1cc(-n2c(O)csc2=S)ccc1Cl. The zero-order valence-corrected chi connectivity index (χ0v) is 10.6. The van der Waals surface area contributed by atoms with Gasteiger partial charge in [0.2, 0.25) is 5.88 Å². The number of benzene rings is 1. The minimum atomic E-state index is -1.13. The number of aromatic carboxylic acids is 1. The van der Waals surface area contributed by atoms with Gasteiger partial charge in [0.1, 0.15) is 0 Å². The zero-order valence-electron chi connectivity index (χ0n) is 8.25. The first-order chi connectivity index (χ1) is 8.00. The molecule has 0 spiro atoms. The average molecular weight is 288 g/mol. The van der Waals surface area contributed by atoms with Crippen molar-refractivity contribution in [3.05, 3.63) is 38.1 Å². The molecule has 0 amide bonds. The fourth-order valence-electron chi connectivity index (χ4n) is 1.36. The molecule has 0 saturated carbocycles. The Hall–Kier alpha value is -1.37. The highest BCUT2D eigenvalue weighted by molar-refractivity contribution is 7.73. The lowest BCUT2D eigenvalue weighted by Crippen LogP contribution is -2.00. The maximum atomic E-state index is 10.9. The molecule has 0 bridgehead atoms. The smallest absolute Gasteiger partial charge is 0.337 e. The lowest BCUT2D eigenvalue weighted by atomic mass is 10.2. The van der Waals surface area contributed by atoms with Crippen molar-refractivity contribution < 1.29 is 15.0 Å². The van der Waals surface area contributed by atoms with Gasteiger partial charge in [-0.15, -0.1) is 11.3 Å². The summed E-state index contributed by atoms with van der Waals surface area (Å²) < 4.78 is 1.81. The Balaban J connectivity index is 2.66. The molecular formula is C10H6ClNO3S2. The summed E-state index contributed by atoms with van der Waals surface area (Å²) in [5, 5.41) is 20.2. The summed E-state index contributed by atoms with van der Waals surface area (Å²) in [7, 11) is 0. The van der Waals surface area contributed by atoms with Crippen LogP contribution in [0.25, 0.3) is 5.69 Å². The fourth-order valence-corrected chi connectivity index (χ4v) is 2.51. The zero-order chi connectivity index (χ0) is 12.6. The van der Waals surface area contributed by atoms with E-state index < -0.39 is 5.97 Å². The Morgan fingerprint density at radius 2 is 2.18 bits per heavy atom. The molecule has 0 saturated heterocycles. The Bertz CT molecular complexity index is 647. The lowest BCUT2D eigenvalue weighted by Gasteiger charge is -2.06. The highest BCUT2D eigenvalue weighted by atomic mass is 35.5. The summed E-state index contributed by atoms with van der Waals surface area (Å²) >= 11 is 12.0. The van der Waals surface area contributed by atoms with Crippen LogP contribution in [0.5, 0.6) is 5.88 Å². The predicted octanol–water partition coefficient (Wildman–Crippen LogP) is 3.33. The standard InChI is InChI=1S/C10H6ClNO3S2/c11-7-2-1-5(3-6(7)9(14)15)12-8(13)4-17-10(12)16/h1-4,13H,(H,14,15). The molecule has 7 heteroatoms. The number of hydrogen-bond acceptors (Lipinski definition) is 4. The first-order valence-corrected chi connectivity index (χ1v) is 6.10. The molecular weight excluding hydrogens is 282 g/mol. The van der Waals surface area contributed by atoms with Crippen molar-refractivity contribution in [2.75, 3.05) is 0 Å². The molecule has 2 rings (SSSR count). The van der Waals surface area contributed by atoms with E-state index in [4.69, 9.17) is 28.9 Å². The second kappa shape index (κ2) is 4.48. The maximum absolute atomic E-state index is 10.9. The van der Waals surface area contributed by atoms with Crippen LogP contribution >= 0.6 is 35.2 Å². The van der Waals surface area contributed by atoms with E-state index in [1.807, 2.05) is 0 Å². The monoisotopic (exact) mass is 287 g/mol. The van der Waals surface area contributed by atoms with Gasteiger partial charge < -0.3 is 10.2 Å². The highest BCUT2D eigenvalue weighted by Crippen LogP contribution is 2.26. The van der Waals surface area contributed by atoms with Gasteiger partial charge in [-0.05, 0) is 30.4 Å². The van der Waals surface area contributed by atoms with Crippen molar-refractivity contribution >= 4 is 41.1 Å². The van der Waals surface area contributed by atoms with Crippen LogP contribution < -0.4 is 0 Å². The largest absolute Gasteiger partial charge is 0.494 e. The van der Waals surface area contributed by atoms with Gasteiger partial charge in [-0.1, -0.05) is 11.6 Å². The third-order valence-corrected chi connectivity index (χ3v) is 3.63. The Morgan fingerprint density at radius 1 is 1.47 bits per heavy atom. The molecule has 0 aliphatic rings. The van der Waals surface area contributed by atoms with E-state index >= 15 is 0 Å². The molecule has 17 heavy (non-hydrogen) atoms. The summed E-state index contributed by atoms with van der Waals surface area (Å²) in [6.07, 6.45) is 0. The molecule has 1 aromatic carbocycles. The molecule has 0 atom stereocenters. The van der Waals surface area contributed by atoms with E-state index in [9.17, 15) is 9.90 Å². The third-order valence-electron chi connectivity index (χ3n) is 2.12. The molecule has 2 aromatic rings. The summed E-state index contributed by atoms with van der Waals surface area (Å²) in [5.41, 5.74) is 0.437. The van der Waals surface area contributed by atoms with Crippen LogP contribution in [0.2, 0.25) is 5.02 Å². The average Bonchev–Trinajstić information content (AvgIpc) is 2.59. The second-order valence-electron chi connectivity index (χ2n) is 3.16. The Kier molecular flexibility index (Phi) is 3.19. The Labute approximate surface area is 110 Å². The van der Waals surface area contributed by atoms with Crippen LogP contribution in [-0.2, 0) is 0 Å². The van der Waals surface area contributed by atoms with Crippen LogP contribution in [0.4, 0.5) is 0 Å². The van der Waals surface area contributed by atoms with Crippen LogP contribution in [0.15, 0.2) is 23.6 Å². The summed E-state index contributed by atoms with van der Waals surface area (Å²) in [5.74, 6) is -1.16. The Morgan fingerprint density at radius 3 is 2.71 bits per heavy atom. The first kappa shape index (κ1) is 12.1. The number of aromatic nitrogens is 1. The van der Waals surface area contributed by atoms with E-state index in [1.165, 1.54) is 33.4 Å². The molecule has 0 fully saturated rings. The maximum Gasteiger partial charge on any atom is 0.337 e. The van der Waals surface area contributed by atoms with E-state index in [0.717, 1.165) is 0 Å². The van der Waals surface area contributed by atoms with Gasteiger partial charge in [0.15, 0.2) is 3.95 Å². The van der Waals surface area contributed by atoms with Gasteiger partial charge in [0.05, 0.1) is 21.7 Å². The number of thiazole rings is 1. The summed E-state index contributed by atoms with van der Waals surface area (Å²) in [4.78, 5) is 10.9. The van der Waals surface area contributed by atoms with Gasteiger partial charge in [-0.2, -0.15) is 0 Å². The van der Waals surface area contributed by atoms with Crippen molar-refractivity contribution in [2.24, 2.45) is 0 Å². The topological polar surface area (TPSA) is 62.5 Å². The van der Waals surface area contributed by atoms with Crippen LogP contribution in [0, 0.1) is 3.95 Å². The summed E-state index contributed by atoms with van der Waals surface area (Å²) in [6, 6.07) is 4.42. The van der Waals surface area contributed by atoms with Crippen LogP contribution in [0.3, 0.4) is 0 Å². The fraction of sp³-hybridized carbons (Fsp3) is 0. The first-order valence-electron chi connectivity index (χ1n) is 4.43. The minimum Gasteiger partial charge on any atom is -0.494 e. The molecule has 88 valence electrons. The minimum absolute atomic E-state index is 0.0290. The second-order valence-corrected chi connectivity index (χ2v) is 5.07.